The van der Waals surface area contributed by atoms with Crippen LogP contribution in [0.3, 0.4) is 0 Å². The largest absolute Gasteiger partial charge is 0.481 e. The quantitative estimate of drug-likeness (QED) is 0.110. The molecule has 2 aliphatic carbocycles. The van der Waals surface area contributed by atoms with Gasteiger partial charge in [0.1, 0.15) is 24.4 Å². The highest BCUT2D eigenvalue weighted by atomic mass is 16.5. The zero-order valence-electron chi connectivity index (χ0n) is 24.9. The van der Waals surface area contributed by atoms with E-state index in [2.05, 4.69) is 12.2 Å². The summed E-state index contributed by atoms with van der Waals surface area (Å²) in [7, 11) is 0. The first-order valence-electron chi connectivity index (χ1n) is 15.8. The maximum absolute atomic E-state index is 12.6. The molecule has 11 nitrogen and oxygen atoms in total. The van der Waals surface area contributed by atoms with Crippen molar-refractivity contribution in [2.75, 3.05) is 13.2 Å². The third-order valence-corrected chi connectivity index (χ3v) is 8.57. The molecule has 0 radical (unpaired) electrons. The number of hydrogen-bond acceptors (Lipinski definition) is 9. The van der Waals surface area contributed by atoms with Gasteiger partial charge in [-0.25, -0.2) is 0 Å². The van der Waals surface area contributed by atoms with Crippen molar-refractivity contribution in [1.82, 2.24) is 5.32 Å². The summed E-state index contributed by atoms with van der Waals surface area (Å²) in [6.07, 6.45) is 1.41. The molecule has 10 atom stereocenters. The Morgan fingerprint density at radius 2 is 1.20 bits per heavy atom. The zero-order chi connectivity index (χ0) is 30.4. The third kappa shape index (κ3) is 11.0. The second-order valence-corrected chi connectivity index (χ2v) is 11.9. The first-order chi connectivity index (χ1) is 19.6. The number of aliphatic carboxylic acids is 1. The molecule has 0 unspecified atom stereocenters. The number of rotatable bonds is 19. The summed E-state index contributed by atoms with van der Waals surface area (Å²) < 4.78 is 11.6. The Balaban J connectivity index is 1.88. The number of unbranched alkanes of at least 4 members (excludes halogenated alkanes) is 10. The van der Waals surface area contributed by atoms with Gasteiger partial charge in [-0.2, -0.15) is 0 Å². The van der Waals surface area contributed by atoms with Gasteiger partial charge in [-0.15, -0.1) is 0 Å². The van der Waals surface area contributed by atoms with E-state index < -0.39 is 72.5 Å². The molecule has 0 spiro atoms. The van der Waals surface area contributed by atoms with Crippen LogP contribution in [0.5, 0.6) is 0 Å². The summed E-state index contributed by atoms with van der Waals surface area (Å²) in [5.41, 5.74) is 0. The van der Waals surface area contributed by atoms with E-state index >= 15 is 0 Å². The Morgan fingerprint density at radius 1 is 0.659 bits per heavy atom. The van der Waals surface area contributed by atoms with Crippen LogP contribution in [0.15, 0.2) is 0 Å². The number of carboxylic acid groups (broad SMARTS) is 1. The molecular formula is C30H55NO10. The molecule has 0 aromatic carbocycles. The highest BCUT2D eigenvalue weighted by Gasteiger charge is 2.52. The first kappa shape index (κ1) is 35.9. The molecule has 7 N–H and O–H groups in total. The molecule has 2 fully saturated rings. The van der Waals surface area contributed by atoms with Crippen LogP contribution >= 0.6 is 0 Å². The van der Waals surface area contributed by atoms with Crippen LogP contribution < -0.4 is 5.32 Å². The number of carbonyl (C=O) groups excluding carboxylic acids is 1. The lowest BCUT2D eigenvalue weighted by Gasteiger charge is -2.45. The summed E-state index contributed by atoms with van der Waals surface area (Å²) in [5, 5.41) is 65.6. The topological polar surface area (TPSA) is 186 Å². The van der Waals surface area contributed by atoms with Gasteiger partial charge >= 0.3 is 5.97 Å². The van der Waals surface area contributed by atoms with Crippen molar-refractivity contribution in [3.63, 3.8) is 0 Å². The lowest BCUT2D eigenvalue weighted by molar-refractivity contribution is -0.237. The second-order valence-electron chi connectivity index (χ2n) is 11.9. The van der Waals surface area contributed by atoms with E-state index in [9.17, 15) is 40.2 Å². The molecule has 2 aliphatic rings. The normalized spacial score (nSPS) is 33.9. The Bertz CT molecular complexity index is 755. The van der Waals surface area contributed by atoms with Crippen LogP contribution in [0.1, 0.15) is 104 Å². The van der Waals surface area contributed by atoms with Crippen molar-refractivity contribution in [2.24, 2.45) is 11.8 Å². The number of nitrogens with one attached hydrogen (secondary N) is 1. The number of aliphatic hydroxyl groups excluding tert-OH is 5. The van der Waals surface area contributed by atoms with Gasteiger partial charge in [-0.3, -0.25) is 9.59 Å². The molecule has 0 aromatic heterocycles. The smallest absolute Gasteiger partial charge is 0.309 e. The predicted octanol–water partition coefficient (Wildman–Crippen LogP) is 1.89. The highest BCUT2D eigenvalue weighted by Crippen LogP contribution is 2.35. The summed E-state index contributed by atoms with van der Waals surface area (Å²) in [6.45, 7) is 4.89. The highest BCUT2D eigenvalue weighted by molar-refractivity contribution is 5.79. The van der Waals surface area contributed by atoms with Crippen molar-refractivity contribution in [3.8, 4) is 0 Å². The molecule has 0 saturated heterocycles. The SMILES string of the molecule is CCCCCCCCCCCCO[C@@H]1C[C@H](C(=O)O)[C@@H](O[C@@H]2C[C@H](C(=O)NCCCC)[C@@H](O)[C@H](O)[C@H]2O)[C@H](O)[C@H]1O. The van der Waals surface area contributed by atoms with Gasteiger partial charge in [0.2, 0.25) is 5.91 Å². The molecule has 2 rings (SSSR count). The number of carbonyl (C=O) groups is 2. The van der Waals surface area contributed by atoms with Gasteiger partial charge in [0.25, 0.3) is 0 Å². The van der Waals surface area contributed by atoms with Crippen molar-refractivity contribution in [1.29, 1.82) is 0 Å². The fourth-order valence-electron chi connectivity index (χ4n) is 5.89. The van der Waals surface area contributed by atoms with Crippen molar-refractivity contribution in [3.05, 3.63) is 0 Å². The van der Waals surface area contributed by atoms with Gasteiger partial charge in [0.05, 0.1) is 36.3 Å². The van der Waals surface area contributed by atoms with E-state index in [1.165, 1.54) is 38.5 Å². The zero-order valence-corrected chi connectivity index (χ0v) is 24.9. The average molecular weight is 590 g/mol. The molecule has 1 amide bonds. The molecule has 11 heteroatoms. The molecule has 0 heterocycles. The van der Waals surface area contributed by atoms with Crippen LogP contribution in [0.4, 0.5) is 0 Å². The molecular weight excluding hydrogens is 534 g/mol. The minimum atomic E-state index is -1.71. The minimum Gasteiger partial charge on any atom is -0.481 e. The van der Waals surface area contributed by atoms with Gasteiger partial charge in [-0.05, 0) is 25.7 Å². The maximum atomic E-state index is 12.6. The number of ether oxygens (including phenoxy) is 2. The lowest BCUT2D eigenvalue weighted by Crippen LogP contribution is -2.62. The maximum Gasteiger partial charge on any atom is 0.309 e. The Kier molecular flexibility index (Phi) is 16.7. The Morgan fingerprint density at radius 3 is 1.78 bits per heavy atom. The summed E-state index contributed by atoms with van der Waals surface area (Å²) >= 11 is 0. The first-order valence-corrected chi connectivity index (χ1v) is 15.8. The fourth-order valence-corrected chi connectivity index (χ4v) is 5.89. The van der Waals surface area contributed by atoms with Crippen molar-refractivity contribution >= 4 is 11.9 Å². The van der Waals surface area contributed by atoms with Crippen LogP contribution in [0.25, 0.3) is 0 Å². The third-order valence-electron chi connectivity index (χ3n) is 8.57. The Labute approximate surface area is 244 Å². The summed E-state index contributed by atoms with van der Waals surface area (Å²) in [6, 6.07) is 0. The predicted molar refractivity (Wildman–Crippen MR) is 152 cm³/mol. The standard InChI is InChI=1S/C30H55NO10/c1-3-5-7-8-9-10-11-12-13-14-16-40-21-18-20(30(38)39)28(27(36)24(21)33)41-22-17-19(23(32)26(35)25(22)34)29(37)31-15-6-4-2/h19-28,32-36H,3-18H2,1-2H3,(H,31,37)(H,38,39)/t19-,20-,21+,22+,23+,24-,25-,26-,27+,28+/m0/s1. The van der Waals surface area contributed by atoms with E-state index in [0.29, 0.717) is 13.2 Å². The second kappa shape index (κ2) is 19.0. The minimum absolute atomic E-state index is 0.106. The van der Waals surface area contributed by atoms with Crippen LogP contribution in [-0.2, 0) is 19.1 Å². The van der Waals surface area contributed by atoms with Crippen molar-refractivity contribution < 1.29 is 49.7 Å². The van der Waals surface area contributed by atoms with Gasteiger partial charge in [-0.1, -0.05) is 78.1 Å². The number of carboxylic acids is 1. The fraction of sp³-hybridized carbons (Fsp3) is 0.933. The Hall–Kier alpha value is -1.34. The monoisotopic (exact) mass is 589 g/mol. The lowest BCUT2D eigenvalue weighted by atomic mass is 9.78. The van der Waals surface area contributed by atoms with Gasteiger partial charge in [0, 0.05) is 13.2 Å². The van der Waals surface area contributed by atoms with E-state index in [4.69, 9.17) is 9.47 Å². The molecule has 0 aliphatic heterocycles. The van der Waals surface area contributed by atoms with Crippen LogP contribution in [0.2, 0.25) is 0 Å². The van der Waals surface area contributed by atoms with Crippen molar-refractivity contribution in [2.45, 2.75) is 153 Å². The van der Waals surface area contributed by atoms with E-state index in [1.807, 2.05) is 6.92 Å². The van der Waals surface area contributed by atoms with Gasteiger partial charge < -0.3 is 45.4 Å². The molecule has 240 valence electrons. The number of aliphatic hydroxyl groups is 5. The molecule has 41 heavy (non-hydrogen) atoms. The molecule has 2 saturated carbocycles. The van der Waals surface area contributed by atoms with E-state index in [-0.39, 0.29) is 12.8 Å². The number of amides is 1. The summed E-state index contributed by atoms with van der Waals surface area (Å²) in [4.78, 5) is 24.8. The van der Waals surface area contributed by atoms with Crippen LogP contribution in [0, 0.1) is 11.8 Å². The number of hydrogen-bond donors (Lipinski definition) is 7. The molecule has 0 aromatic rings. The van der Waals surface area contributed by atoms with Gasteiger partial charge in [0.15, 0.2) is 0 Å². The average Bonchev–Trinajstić information content (AvgIpc) is 2.95. The molecule has 0 bridgehead atoms. The van der Waals surface area contributed by atoms with E-state index in [0.717, 1.165) is 38.5 Å². The van der Waals surface area contributed by atoms with E-state index in [1.54, 1.807) is 0 Å². The summed E-state index contributed by atoms with van der Waals surface area (Å²) in [5.74, 6) is -4.11. The van der Waals surface area contributed by atoms with Crippen LogP contribution in [-0.4, -0.2) is 104 Å².